The normalized spacial score (nSPS) is 10.7. The zero-order valence-corrected chi connectivity index (χ0v) is 31.8. The van der Waals surface area contributed by atoms with Crippen molar-refractivity contribution in [1.82, 2.24) is 29.9 Å². The summed E-state index contributed by atoms with van der Waals surface area (Å²) in [6.07, 6.45) is 7.42. The summed E-state index contributed by atoms with van der Waals surface area (Å²) in [5.41, 5.74) is 21.9. The van der Waals surface area contributed by atoms with Gasteiger partial charge in [0.25, 0.3) is 0 Å². The molecule has 49 heavy (non-hydrogen) atoms. The van der Waals surface area contributed by atoms with Gasteiger partial charge in [-0.25, -0.2) is 9.97 Å². The number of pyridine rings is 6. The smallest absolute Gasteiger partial charge is 0.254 e. The first kappa shape index (κ1) is 37.2. The maximum Gasteiger partial charge on any atom is 2.00 e. The van der Waals surface area contributed by atoms with Crippen LogP contribution in [0.4, 0.5) is 0 Å². The summed E-state index contributed by atoms with van der Waals surface area (Å²) in [6.45, 7) is 25.3. The van der Waals surface area contributed by atoms with Gasteiger partial charge in [0, 0.05) is 24.8 Å². The van der Waals surface area contributed by atoms with E-state index in [2.05, 4.69) is 115 Å². The molecule has 0 aliphatic heterocycles. The molecule has 0 saturated heterocycles. The zero-order chi connectivity index (χ0) is 34.9. The zero-order valence-electron chi connectivity index (χ0n) is 30.8. The van der Waals surface area contributed by atoms with Crippen LogP contribution in [0.5, 0.6) is 0 Å². The molecule has 0 amide bonds. The Balaban J connectivity index is 0.000000216. The van der Waals surface area contributed by atoms with Gasteiger partial charge in [0.1, 0.15) is 0 Å². The van der Waals surface area contributed by atoms with E-state index >= 15 is 0 Å². The van der Waals surface area contributed by atoms with Crippen LogP contribution in [0.1, 0.15) is 66.8 Å². The molecular weight excluding hydrogens is 647 g/mol. The van der Waals surface area contributed by atoms with Crippen LogP contribution in [0.3, 0.4) is 0 Å². The van der Waals surface area contributed by atoms with E-state index in [1.807, 2.05) is 49.1 Å². The molecule has 251 valence electrons. The fraction of sp³-hybridized carbons (Fsp3) is 0.286. The predicted molar refractivity (Wildman–Crippen MR) is 198 cm³/mol. The van der Waals surface area contributed by atoms with Crippen molar-refractivity contribution < 1.29 is 16.8 Å². The van der Waals surface area contributed by atoms with Gasteiger partial charge in [-0.2, -0.15) is 0 Å². The molecule has 0 aliphatic rings. The van der Waals surface area contributed by atoms with Crippen molar-refractivity contribution in [3.05, 3.63) is 128 Å². The minimum absolute atomic E-state index is 0. The van der Waals surface area contributed by atoms with Crippen molar-refractivity contribution in [2.24, 2.45) is 0 Å². The number of rotatable bonds is 4. The molecule has 6 aromatic rings. The third-order valence-electron chi connectivity index (χ3n) is 9.90. The number of aromatic nitrogens is 6. The number of hydrogen-bond donors (Lipinski definition) is 0. The molecule has 0 fully saturated rings. The minimum atomic E-state index is 0. The van der Waals surface area contributed by atoms with Crippen molar-refractivity contribution in [3.63, 3.8) is 0 Å². The topological polar surface area (TPSA) is 77.3 Å². The second-order valence-electron chi connectivity index (χ2n) is 13.0. The summed E-state index contributed by atoms with van der Waals surface area (Å²) in [5, 5.41) is 0. The van der Waals surface area contributed by atoms with E-state index in [1.165, 1.54) is 66.8 Å². The van der Waals surface area contributed by atoms with Crippen LogP contribution >= 0.6 is 0 Å². The molecule has 1 radical (unpaired) electrons. The van der Waals surface area contributed by atoms with Crippen molar-refractivity contribution in [2.45, 2.75) is 83.1 Å². The monoisotopic (exact) mass is 693 g/mol. The summed E-state index contributed by atoms with van der Waals surface area (Å²) >= 11 is 0. The van der Waals surface area contributed by atoms with E-state index in [0.29, 0.717) is 0 Å². The van der Waals surface area contributed by atoms with Crippen LogP contribution in [0, 0.1) is 83.1 Å². The van der Waals surface area contributed by atoms with Gasteiger partial charge in [-0.3, -0.25) is 19.9 Å². The third-order valence-corrected chi connectivity index (χ3v) is 9.90. The van der Waals surface area contributed by atoms with E-state index in [4.69, 9.17) is 9.97 Å². The van der Waals surface area contributed by atoms with Gasteiger partial charge in [0.15, 0.2) is 0 Å². The molecule has 6 heterocycles. The van der Waals surface area contributed by atoms with Gasteiger partial charge in [-0.1, -0.05) is 0 Å². The second kappa shape index (κ2) is 15.3. The Hall–Kier alpha value is -4.59. The fourth-order valence-electron chi connectivity index (χ4n) is 5.70. The van der Waals surface area contributed by atoms with Crippen LogP contribution in [0.2, 0.25) is 0 Å². The Morgan fingerprint density at radius 3 is 0.857 bits per heavy atom. The van der Waals surface area contributed by atoms with Crippen LogP contribution < -0.4 is 0 Å². The van der Waals surface area contributed by atoms with Crippen LogP contribution in [-0.4, -0.2) is 29.9 Å². The van der Waals surface area contributed by atoms with E-state index in [1.54, 1.807) is 0 Å². The van der Waals surface area contributed by atoms with Gasteiger partial charge in [0.2, 0.25) is 0 Å². The first-order chi connectivity index (χ1) is 22.8. The molecule has 6 nitrogen and oxygen atoms in total. The maximum atomic E-state index is 4.95. The molecule has 0 bridgehead atoms. The molecular formula is C42H46CoN6+2. The molecule has 0 saturated carbocycles. The Kier molecular flexibility index (Phi) is 11.6. The fourth-order valence-corrected chi connectivity index (χ4v) is 5.70. The SMILES string of the molecule is Cc1ccnc(-c2cc(C)c(C)c(-c3nccc(C)c3C)n2)c1C.Cc1ccnc(-c2cc(C)c(C)c(-c3nccc(C)c3C)n2)c1C.[Co+2]. The van der Waals surface area contributed by atoms with Crippen molar-refractivity contribution in [2.75, 3.05) is 0 Å². The number of hydrogen-bond acceptors (Lipinski definition) is 6. The molecule has 0 atom stereocenters. The molecule has 7 heteroatoms. The molecule has 0 aliphatic carbocycles. The molecule has 0 aromatic carbocycles. The minimum Gasteiger partial charge on any atom is -0.254 e. The standard InChI is InChI=1S/2C21H23N3.Co/c2*1-12-7-9-22-19(15(12)4)18-11-14(3)17(6)21(24-18)20-16(5)13(2)8-10-23-20;/h2*7-11H,1-6H3;/q;;+2. The summed E-state index contributed by atoms with van der Waals surface area (Å²) in [5.74, 6) is 0. The average Bonchev–Trinajstić information content (AvgIpc) is 3.06. The van der Waals surface area contributed by atoms with Gasteiger partial charge < -0.3 is 0 Å². The van der Waals surface area contributed by atoms with Gasteiger partial charge in [0.05, 0.1) is 45.6 Å². The number of aryl methyl sites for hydroxylation is 6. The van der Waals surface area contributed by atoms with Crippen molar-refractivity contribution in [1.29, 1.82) is 0 Å². The molecule has 6 aromatic heterocycles. The largest absolute Gasteiger partial charge is 2.00 e. The van der Waals surface area contributed by atoms with Crippen molar-refractivity contribution in [3.8, 4) is 45.6 Å². The third kappa shape index (κ3) is 7.53. The Morgan fingerprint density at radius 2 is 0.551 bits per heavy atom. The van der Waals surface area contributed by atoms with Gasteiger partial charge in [-0.05, 0) is 186 Å². The summed E-state index contributed by atoms with van der Waals surface area (Å²) < 4.78 is 0. The van der Waals surface area contributed by atoms with E-state index in [9.17, 15) is 0 Å². The van der Waals surface area contributed by atoms with Crippen LogP contribution in [0.15, 0.2) is 61.2 Å². The van der Waals surface area contributed by atoms with Gasteiger partial charge in [-0.15, -0.1) is 0 Å². The predicted octanol–water partition coefficient (Wildman–Crippen LogP) is 10.1. The summed E-state index contributed by atoms with van der Waals surface area (Å²) in [6, 6.07) is 12.4. The summed E-state index contributed by atoms with van der Waals surface area (Å²) in [7, 11) is 0. The number of nitrogens with zero attached hydrogens (tertiary/aromatic N) is 6. The quantitative estimate of drug-likeness (QED) is 0.183. The Morgan fingerprint density at radius 1 is 0.306 bits per heavy atom. The van der Waals surface area contributed by atoms with Crippen LogP contribution in [-0.2, 0) is 16.8 Å². The first-order valence-corrected chi connectivity index (χ1v) is 16.5. The summed E-state index contributed by atoms with van der Waals surface area (Å²) in [4.78, 5) is 28.3. The van der Waals surface area contributed by atoms with Crippen molar-refractivity contribution >= 4 is 0 Å². The second-order valence-corrected chi connectivity index (χ2v) is 13.0. The van der Waals surface area contributed by atoms with E-state index < -0.39 is 0 Å². The first-order valence-electron chi connectivity index (χ1n) is 16.5. The molecule has 0 N–H and O–H groups in total. The Bertz CT molecular complexity index is 2010. The molecule has 0 unspecified atom stereocenters. The molecule has 6 rings (SSSR count). The molecule has 0 spiro atoms. The van der Waals surface area contributed by atoms with E-state index in [-0.39, 0.29) is 16.8 Å². The van der Waals surface area contributed by atoms with Gasteiger partial charge >= 0.3 is 16.8 Å². The average molecular weight is 694 g/mol. The van der Waals surface area contributed by atoms with Crippen LogP contribution in [0.25, 0.3) is 45.6 Å². The van der Waals surface area contributed by atoms with E-state index in [0.717, 1.165) is 45.6 Å². The maximum absolute atomic E-state index is 4.95. The Labute approximate surface area is 302 Å².